The fraction of sp³-hybridized carbons (Fsp3) is 1.00. The molecule has 0 N–H and O–H groups in total. The molecule has 0 heterocycles. The Balaban J connectivity index is -0.000000122. The molecule has 0 aliphatic carbocycles. The molecule has 0 aliphatic rings. The summed E-state index contributed by atoms with van der Waals surface area (Å²) in [5.41, 5.74) is 0. The van der Waals surface area contributed by atoms with Crippen molar-refractivity contribution < 1.29 is 25.8 Å². The van der Waals surface area contributed by atoms with Gasteiger partial charge in [0, 0.05) is 0 Å². The van der Waals surface area contributed by atoms with Gasteiger partial charge in [-0.05, 0) is 0 Å². The van der Waals surface area contributed by atoms with Gasteiger partial charge in [-0.15, -0.1) is 52.4 Å². The predicted octanol–water partition coefficient (Wildman–Crippen LogP) is 11.8. The van der Waals surface area contributed by atoms with E-state index in [1.807, 2.05) is 0 Å². The molecule has 0 aromatic carbocycles. The van der Waals surface area contributed by atoms with Crippen LogP contribution in [-0.4, -0.2) is 52.4 Å². The SMILES string of the molecule is CCCC[N-]CCCC.CCCC[N-]CCCC.CCCC[N-]CCCC.CCCC[N-]CCCC.[Hf+4]. The van der Waals surface area contributed by atoms with Crippen LogP contribution in [0, 0.1) is 0 Å². The van der Waals surface area contributed by atoms with Gasteiger partial charge in [-0.1, -0.05) is 158 Å². The van der Waals surface area contributed by atoms with Crippen LogP contribution in [0.15, 0.2) is 0 Å². The van der Waals surface area contributed by atoms with Gasteiger partial charge in [-0.2, -0.15) is 0 Å². The Hall–Kier alpha value is 0.710. The Kier molecular flexibility index (Phi) is 72.9. The average molecular weight is 691 g/mol. The third kappa shape index (κ3) is 72.4. The van der Waals surface area contributed by atoms with Crippen LogP contribution in [0.5, 0.6) is 0 Å². The van der Waals surface area contributed by atoms with Gasteiger partial charge < -0.3 is 21.3 Å². The molecule has 0 saturated carbocycles. The van der Waals surface area contributed by atoms with Crippen LogP contribution in [0.4, 0.5) is 0 Å². The van der Waals surface area contributed by atoms with Crippen molar-refractivity contribution in [2.24, 2.45) is 0 Å². The summed E-state index contributed by atoms with van der Waals surface area (Å²) in [6.45, 7) is 26.3. The maximum Gasteiger partial charge on any atom is 4.00 e. The Morgan fingerprint density at radius 3 is 0.432 bits per heavy atom. The minimum Gasteiger partial charge on any atom is -0.662 e. The summed E-state index contributed by atoms with van der Waals surface area (Å²) >= 11 is 0. The summed E-state index contributed by atoms with van der Waals surface area (Å²) in [7, 11) is 0. The molecule has 0 rings (SSSR count). The number of hydrogen-bond acceptors (Lipinski definition) is 0. The zero-order valence-corrected chi connectivity index (χ0v) is 30.9. The molecule has 37 heavy (non-hydrogen) atoms. The zero-order chi connectivity index (χ0) is 27.8. The van der Waals surface area contributed by atoms with Gasteiger partial charge in [0.1, 0.15) is 0 Å². The molecule has 0 saturated heterocycles. The number of unbranched alkanes of at least 4 members (excludes halogenated alkanes) is 8. The third-order valence-electron chi connectivity index (χ3n) is 5.36. The van der Waals surface area contributed by atoms with Crippen LogP contribution in [0.1, 0.15) is 158 Å². The van der Waals surface area contributed by atoms with Gasteiger partial charge in [-0.3, -0.25) is 0 Å². The van der Waals surface area contributed by atoms with E-state index in [2.05, 4.69) is 76.7 Å². The summed E-state index contributed by atoms with van der Waals surface area (Å²) in [5.74, 6) is 0. The number of rotatable bonds is 24. The summed E-state index contributed by atoms with van der Waals surface area (Å²) < 4.78 is 0. The van der Waals surface area contributed by atoms with Crippen molar-refractivity contribution in [3.8, 4) is 0 Å². The third-order valence-corrected chi connectivity index (χ3v) is 5.36. The van der Waals surface area contributed by atoms with Crippen LogP contribution in [0.25, 0.3) is 21.3 Å². The van der Waals surface area contributed by atoms with Crippen molar-refractivity contribution in [1.29, 1.82) is 0 Å². The Morgan fingerprint density at radius 1 is 0.243 bits per heavy atom. The van der Waals surface area contributed by atoms with E-state index in [0.29, 0.717) is 0 Å². The molecule has 5 heteroatoms. The molecule has 0 aromatic heterocycles. The molecule has 0 spiro atoms. The molecule has 0 aromatic rings. The molecule has 0 fully saturated rings. The second-order valence-electron chi connectivity index (χ2n) is 9.51. The average Bonchev–Trinajstić information content (AvgIpc) is 2.90. The van der Waals surface area contributed by atoms with Crippen molar-refractivity contribution in [2.45, 2.75) is 158 Å². The second kappa shape index (κ2) is 56.8. The number of hydrogen-bond donors (Lipinski definition) is 0. The first-order valence-corrected chi connectivity index (χ1v) is 16.2. The molecular weight excluding hydrogens is 619 g/mol. The molecule has 0 unspecified atom stereocenters. The smallest absolute Gasteiger partial charge is 0.662 e. The molecule has 0 radical (unpaired) electrons. The molecule has 0 atom stereocenters. The van der Waals surface area contributed by atoms with Crippen molar-refractivity contribution in [3.63, 3.8) is 0 Å². The normalized spacial score (nSPS) is 9.73. The number of nitrogens with zero attached hydrogens (tertiary/aromatic N) is 4. The van der Waals surface area contributed by atoms with E-state index in [1.54, 1.807) is 0 Å². The topological polar surface area (TPSA) is 56.4 Å². The van der Waals surface area contributed by atoms with Gasteiger partial charge in [0.05, 0.1) is 0 Å². The quantitative estimate of drug-likeness (QED) is 0.0715. The van der Waals surface area contributed by atoms with E-state index in [-0.39, 0.29) is 25.8 Å². The van der Waals surface area contributed by atoms with Crippen LogP contribution < -0.4 is 0 Å². The van der Waals surface area contributed by atoms with Crippen LogP contribution in [0.3, 0.4) is 0 Å². The van der Waals surface area contributed by atoms with Crippen molar-refractivity contribution >= 4 is 0 Å². The molecule has 0 bridgehead atoms. The van der Waals surface area contributed by atoms with Gasteiger partial charge in [0.2, 0.25) is 0 Å². The van der Waals surface area contributed by atoms with E-state index in [0.717, 1.165) is 52.4 Å². The van der Waals surface area contributed by atoms with Gasteiger partial charge in [0.25, 0.3) is 0 Å². The van der Waals surface area contributed by atoms with Crippen LogP contribution in [0.2, 0.25) is 0 Å². The summed E-state index contributed by atoms with van der Waals surface area (Å²) in [5, 5.41) is 17.4. The van der Waals surface area contributed by atoms with E-state index in [4.69, 9.17) is 0 Å². The maximum absolute atomic E-state index is 4.35. The predicted molar refractivity (Wildman–Crippen MR) is 172 cm³/mol. The van der Waals surface area contributed by atoms with Crippen LogP contribution in [-0.2, 0) is 25.8 Å². The maximum atomic E-state index is 4.35. The van der Waals surface area contributed by atoms with E-state index < -0.39 is 0 Å². The van der Waals surface area contributed by atoms with Crippen molar-refractivity contribution in [1.82, 2.24) is 0 Å². The van der Waals surface area contributed by atoms with E-state index in [9.17, 15) is 0 Å². The molecule has 0 aliphatic heterocycles. The van der Waals surface area contributed by atoms with Crippen LogP contribution >= 0.6 is 0 Å². The second-order valence-corrected chi connectivity index (χ2v) is 9.51. The first-order chi connectivity index (χ1) is 17.7. The molecule has 4 nitrogen and oxygen atoms in total. The standard InChI is InChI=1S/4C8H18N.Hf/c4*1-3-5-7-9-8-6-4-2;/h4*3-8H2,1-2H3;/q4*-1;+4. The summed E-state index contributed by atoms with van der Waals surface area (Å²) in [6, 6.07) is 0. The first kappa shape index (κ1) is 47.5. The zero-order valence-electron chi connectivity index (χ0n) is 27.3. The first-order valence-electron chi connectivity index (χ1n) is 16.2. The van der Waals surface area contributed by atoms with Crippen molar-refractivity contribution in [2.75, 3.05) is 52.4 Å². The minimum atomic E-state index is 0. The van der Waals surface area contributed by atoms with Gasteiger partial charge in [-0.25, -0.2) is 0 Å². The fourth-order valence-electron chi connectivity index (χ4n) is 2.61. The van der Waals surface area contributed by atoms with Crippen molar-refractivity contribution in [3.05, 3.63) is 21.3 Å². The molecule has 224 valence electrons. The summed E-state index contributed by atoms with van der Waals surface area (Å²) in [4.78, 5) is 0. The Bertz CT molecular complexity index is 214. The summed E-state index contributed by atoms with van der Waals surface area (Å²) in [6.07, 6.45) is 20.3. The largest absolute Gasteiger partial charge is 4.00 e. The van der Waals surface area contributed by atoms with E-state index in [1.165, 1.54) is 103 Å². The molecular formula is C32H72HfN4. The fourth-order valence-corrected chi connectivity index (χ4v) is 2.61. The minimum absolute atomic E-state index is 0. The Morgan fingerprint density at radius 2 is 0.351 bits per heavy atom. The monoisotopic (exact) mass is 693 g/mol. The van der Waals surface area contributed by atoms with Gasteiger partial charge in [0.15, 0.2) is 0 Å². The van der Waals surface area contributed by atoms with E-state index >= 15 is 0 Å². The Labute approximate surface area is 256 Å². The molecule has 0 amide bonds. The van der Waals surface area contributed by atoms with Gasteiger partial charge >= 0.3 is 25.8 Å².